The Morgan fingerprint density at radius 3 is 2.65 bits per heavy atom. The van der Waals surface area contributed by atoms with Crippen molar-refractivity contribution in [2.24, 2.45) is 0 Å². The summed E-state index contributed by atoms with van der Waals surface area (Å²) in [6, 6.07) is 5.31. The molecule has 23 heavy (non-hydrogen) atoms. The van der Waals surface area contributed by atoms with Crippen LogP contribution in [0.3, 0.4) is 0 Å². The number of aromatic nitrogens is 1. The second-order valence-electron chi connectivity index (χ2n) is 4.69. The molecule has 0 unspecified atom stereocenters. The fourth-order valence-corrected chi connectivity index (χ4v) is 2.66. The maximum Gasteiger partial charge on any atom is 0.417 e. The summed E-state index contributed by atoms with van der Waals surface area (Å²) in [6.07, 6.45) is -3.41. The van der Waals surface area contributed by atoms with E-state index in [2.05, 4.69) is 4.98 Å². The molecule has 0 aliphatic heterocycles. The molecule has 0 aliphatic carbocycles. The molecule has 4 nitrogen and oxygen atoms in total. The lowest BCUT2D eigenvalue weighted by atomic mass is 10.1. The van der Waals surface area contributed by atoms with Crippen LogP contribution in [0.5, 0.6) is 0 Å². The summed E-state index contributed by atoms with van der Waals surface area (Å²) in [5.41, 5.74) is -1.73. The molecular weight excluding hydrogens is 329 g/mol. The zero-order valence-electron chi connectivity index (χ0n) is 12.1. The Bertz CT molecular complexity index is 764. The van der Waals surface area contributed by atoms with Crippen molar-refractivity contribution in [2.75, 3.05) is 0 Å². The Balaban J connectivity index is 2.65. The maximum atomic E-state index is 13.2. The number of ketones is 1. The van der Waals surface area contributed by atoms with E-state index in [4.69, 9.17) is 9.68 Å². The maximum absolute atomic E-state index is 13.2. The minimum absolute atomic E-state index is 0.0421. The highest BCUT2D eigenvalue weighted by Crippen LogP contribution is 2.38. The lowest BCUT2D eigenvalue weighted by Crippen LogP contribution is -2.13. The summed E-state index contributed by atoms with van der Waals surface area (Å²) in [7, 11) is 0. The first-order valence-electron chi connectivity index (χ1n) is 6.47. The van der Waals surface area contributed by atoms with Crippen LogP contribution in [0.2, 0.25) is 0 Å². The van der Waals surface area contributed by atoms with Crippen LogP contribution >= 0.6 is 11.8 Å². The van der Waals surface area contributed by atoms with Gasteiger partial charge >= 0.3 is 6.18 Å². The molecular formula is C15H11F3N2O2S. The van der Waals surface area contributed by atoms with E-state index >= 15 is 0 Å². The average molecular weight is 340 g/mol. The molecule has 2 aromatic heterocycles. The van der Waals surface area contributed by atoms with Crippen LogP contribution in [0.15, 0.2) is 33.9 Å². The van der Waals surface area contributed by atoms with Crippen molar-refractivity contribution in [1.29, 1.82) is 5.26 Å². The van der Waals surface area contributed by atoms with Gasteiger partial charge in [-0.1, -0.05) is 11.8 Å². The summed E-state index contributed by atoms with van der Waals surface area (Å²) >= 11 is 0.820. The number of pyridine rings is 1. The Hall–Kier alpha value is -2.27. The Kier molecular flexibility index (Phi) is 4.80. The number of carbonyl (C=O) groups is 1. The molecule has 0 spiro atoms. The van der Waals surface area contributed by atoms with E-state index in [1.807, 2.05) is 0 Å². The number of halogens is 3. The second-order valence-corrected chi connectivity index (χ2v) is 6.02. The molecule has 2 aromatic rings. The van der Waals surface area contributed by atoms with Gasteiger partial charge in [-0.05, 0) is 32.0 Å². The fraction of sp³-hybridized carbons (Fsp3) is 0.267. The van der Waals surface area contributed by atoms with Crippen LogP contribution in [-0.2, 0) is 11.0 Å². The molecule has 0 aromatic carbocycles. The minimum atomic E-state index is -4.72. The number of nitriles is 1. The molecule has 0 radical (unpaired) electrons. The highest BCUT2D eigenvalue weighted by molar-refractivity contribution is 8.00. The van der Waals surface area contributed by atoms with Crippen molar-refractivity contribution in [3.63, 3.8) is 0 Å². The first-order valence-corrected chi connectivity index (χ1v) is 7.35. The molecule has 2 heterocycles. The number of carbonyl (C=O) groups excluding carboxylic acids is 1. The van der Waals surface area contributed by atoms with E-state index in [1.165, 1.54) is 25.3 Å². The van der Waals surface area contributed by atoms with Crippen molar-refractivity contribution in [2.45, 2.75) is 30.3 Å². The summed E-state index contributed by atoms with van der Waals surface area (Å²) < 4.78 is 44.8. The van der Waals surface area contributed by atoms with Gasteiger partial charge in [0.1, 0.15) is 22.6 Å². The number of alkyl halides is 3. The lowest BCUT2D eigenvalue weighted by molar-refractivity contribution is -0.138. The van der Waals surface area contributed by atoms with E-state index in [9.17, 15) is 18.0 Å². The molecule has 0 bridgehead atoms. The van der Waals surface area contributed by atoms with Gasteiger partial charge in [0, 0.05) is 0 Å². The molecule has 0 aliphatic rings. The van der Waals surface area contributed by atoms with Gasteiger partial charge in [-0.25, -0.2) is 4.98 Å². The van der Waals surface area contributed by atoms with Crippen LogP contribution in [-0.4, -0.2) is 16.0 Å². The SMILES string of the molecule is CC(=O)[C@H](C)Sc1nc(-c2ccco2)cc(C(F)(F)F)c1C#N. The van der Waals surface area contributed by atoms with E-state index in [0.29, 0.717) is 0 Å². The molecule has 0 fully saturated rings. The third-order valence-electron chi connectivity index (χ3n) is 3.04. The van der Waals surface area contributed by atoms with Gasteiger partial charge in [-0.3, -0.25) is 4.79 Å². The van der Waals surface area contributed by atoms with Gasteiger partial charge in [0.05, 0.1) is 22.6 Å². The second kappa shape index (κ2) is 6.46. The molecule has 8 heteroatoms. The van der Waals surface area contributed by atoms with E-state index in [1.54, 1.807) is 13.0 Å². The summed E-state index contributed by atoms with van der Waals surface area (Å²) in [5.74, 6) is -0.0741. The number of furan rings is 1. The van der Waals surface area contributed by atoms with Crippen LogP contribution in [0.25, 0.3) is 11.5 Å². The summed E-state index contributed by atoms with van der Waals surface area (Å²) in [5, 5.41) is 8.36. The monoisotopic (exact) mass is 340 g/mol. The smallest absolute Gasteiger partial charge is 0.417 e. The molecule has 1 atom stereocenters. The van der Waals surface area contributed by atoms with Gasteiger partial charge in [-0.2, -0.15) is 18.4 Å². The number of thioether (sulfide) groups is 1. The van der Waals surface area contributed by atoms with Gasteiger partial charge in [0.15, 0.2) is 5.76 Å². The third-order valence-corrected chi connectivity index (χ3v) is 4.24. The topological polar surface area (TPSA) is 66.9 Å². The first-order chi connectivity index (χ1) is 10.7. The fourth-order valence-electron chi connectivity index (χ4n) is 1.74. The number of hydrogen-bond donors (Lipinski definition) is 0. The van der Waals surface area contributed by atoms with Crippen LogP contribution in [0, 0.1) is 11.3 Å². The highest BCUT2D eigenvalue weighted by atomic mass is 32.2. The molecule has 0 N–H and O–H groups in total. The Labute approximate surface area is 134 Å². The van der Waals surface area contributed by atoms with Crippen molar-refractivity contribution in [3.05, 3.63) is 35.6 Å². The van der Waals surface area contributed by atoms with Gasteiger partial charge < -0.3 is 4.42 Å². The molecule has 120 valence electrons. The van der Waals surface area contributed by atoms with Gasteiger partial charge in [0.25, 0.3) is 0 Å². The van der Waals surface area contributed by atoms with E-state index < -0.39 is 22.6 Å². The normalized spacial score (nSPS) is 12.7. The van der Waals surface area contributed by atoms with Crippen LogP contribution < -0.4 is 0 Å². The molecule has 0 saturated heterocycles. The van der Waals surface area contributed by atoms with E-state index in [-0.39, 0.29) is 22.3 Å². The molecule has 0 amide bonds. The molecule has 2 rings (SSSR count). The number of hydrogen-bond acceptors (Lipinski definition) is 5. The Morgan fingerprint density at radius 1 is 1.48 bits per heavy atom. The first kappa shape index (κ1) is 17.1. The highest BCUT2D eigenvalue weighted by Gasteiger charge is 2.36. The van der Waals surface area contributed by atoms with E-state index in [0.717, 1.165) is 17.8 Å². The Morgan fingerprint density at radius 2 is 2.17 bits per heavy atom. The average Bonchev–Trinajstić information content (AvgIpc) is 2.99. The number of Topliss-reactive ketones (excluding diaryl/α,β-unsaturated/α-hetero) is 1. The standard InChI is InChI=1S/C15H11F3N2O2S/c1-8(21)9(2)23-14-10(7-19)11(15(16,17)18)6-12(20-14)13-4-3-5-22-13/h3-6,9H,1-2H3/t9-/m0/s1. The summed E-state index contributed by atoms with van der Waals surface area (Å²) in [6.45, 7) is 2.87. The van der Waals surface area contributed by atoms with Crippen molar-refractivity contribution >= 4 is 17.5 Å². The van der Waals surface area contributed by atoms with Crippen molar-refractivity contribution in [1.82, 2.24) is 4.98 Å². The van der Waals surface area contributed by atoms with Crippen LogP contribution in [0.4, 0.5) is 13.2 Å². The third kappa shape index (κ3) is 3.74. The predicted octanol–water partition coefficient (Wildman–Crippen LogP) is 4.30. The largest absolute Gasteiger partial charge is 0.463 e. The number of rotatable bonds is 4. The van der Waals surface area contributed by atoms with Crippen LogP contribution in [0.1, 0.15) is 25.0 Å². The van der Waals surface area contributed by atoms with Gasteiger partial charge in [-0.15, -0.1) is 0 Å². The molecule has 0 saturated carbocycles. The summed E-state index contributed by atoms with van der Waals surface area (Å²) in [4.78, 5) is 15.4. The van der Waals surface area contributed by atoms with Crippen molar-refractivity contribution in [3.8, 4) is 17.5 Å². The predicted molar refractivity (Wildman–Crippen MR) is 77.7 cm³/mol. The van der Waals surface area contributed by atoms with Gasteiger partial charge in [0.2, 0.25) is 0 Å². The zero-order chi connectivity index (χ0) is 17.2. The quantitative estimate of drug-likeness (QED) is 0.776. The van der Waals surface area contributed by atoms with Crippen molar-refractivity contribution < 1.29 is 22.4 Å². The number of nitrogens with zero attached hydrogens (tertiary/aromatic N) is 2. The zero-order valence-corrected chi connectivity index (χ0v) is 13.0. The minimum Gasteiger partial charge on any atom is -0.463 e. The lowest BCUT2D eigenvalue weighted by Gasteiger charge is -2.14.